The Hall–Kier alpha value is -1.64. The fraction of sp³-hybridized carbons (Fsp3) is 0.167. The molecule has 0 saturated carbocycles. The van der Waals surface area contributed by atoms with Gasteiger partial charge in [-0.15, -0.1) is 0 Å². The van der Waals surface area contributed by atoms with Crippen molar-refractivity contribution in [2.24, 2.45) is 0 Å². The van der Waals surface area contributed by atoms with Gasteiger partial charge in [0.1, 0.15) is 16.2 Å². The van der Waals surface area contributed by atoms with Crippen LogP contribution in [-0.2, 0) is 10.1 Å². The fourth-order valence-corrected chi connectivity index (χ4v) is 4.98. The number of nitrogens with zero attached hydrogens (tertiary/aromatic N) is 1. The first-order valence-electron chi connectivity index (χ1n) is 7.74. The Kier molecular flexibility index (Phi) is 5.55. The van der Waals surface area contributed by atoms with E-state index in [4.69, 9.17) is 8.92 Å². The van der Waals surface area contributed by atoms with Crippen molar-refractivity contribution in [1.29, 1.82) is 0 Å². The van der Waals surface area contributed by atoms with Crippen LogP contribution in [0.2, 0.25) is 0 Å². The highest BCUT2D eigenvalue weighted by molar-refractivity contribution is 9.11. The van der Waals surface area contributed by atoms with E-state index in [1.165, 1.54) is 12.1 Å². The first kappa shape index (κ1) is 19.1. The maximum atomic E-state index is 12.8. The predicted octanol–water partition coefficient (Wildman–Crippen LogP) is 5.23. The molecule has 0 aliphatic carbocycles. The second-order valence-corrected chi connectivity index (χ2v) is 8.72. The lowest BCUT2D eigenvalue weighted by Gasteiger charge is -2.13. The van der Waals surface area contributed by atoms with Gasteiger partial charge in [-0.1, -0.05) is 22.0 Å². The lowest BCUT2D eigenvalue weighted by molar-refractivity contribution is 0.337. The van der Waals surface area contributed by atoms with Gasteiger partial charge in [0.05, 0.1) is 11.1 Å². The van der Waals surface area contributed by atoms with Crippen molar-refractivity contribution in [1.82, 2.24) is 4.98 Å². The van der Waals surface area contributed by atoms with Gasteiger partial charge >= 0.3 is 10.1 Å². The summed E-state index contributed by atoms with van der Waals surface area (Å²) in [7, 11) is -4.04. The maximum absolute atomic E-state index is 12.8. The Bertz CT molecular complexity index is 1080. The standard InChI is InChI=1S/C18H15Br2NO4S/c1-3-24-16-7-6-12(9-11(16)2)26(22,23)25-18-15(20)10-14(19)13-5-4-8-21-17(13)18/h4-10H,3H2,1-2H3. The molecule has 3 aromatic rings. The summed E-state index contributed by atoms with van der Waals surface area (Å²) in [5.41, 5.74) is 1.16. The van der Waals surface area contributed by atoms with Crippen molar-refractivity contribution in [3.8, 4) is 11.5 Å². The molecule has 0 spiro atoms. The van der Waals surface area contributed by atoms with Crippen LogP contribution in [0.15, 0.2) is 56.4 Å². The van der Waals surface area contributed by atoms with Gasteiger partial charge < -0.3 is 8.92 Å². The van der Waals surface area contributed by atoms with Crippen molar-refractivity contribution in [3.63, 3.8) is 0 Å². The number of hydrogen-bond acceptors (Lipinski definition) is 5. The molecule has 2 aromatic carbocycles. The lowest BCUT2D eigenvalue weighted by Crippen LogP contribution is -2.11. The summed E-state index contributed by atoms with van der Waals surface area (Å²) < 4.78 is 37.7. The highest BCUT2D eigenvalue weighted by atomic mass is 79.9. The molecule has 0 aliphatic heterocycles. The molecule has 0 bridgehead atoms. The SMILES string of the molecule is CCOc1ccc(S(=O)(=O)Oc2c(Br)cc(Br)c3cccnc23)cc1C. The van der Waals surface area contributed by atoms with Gasteiger partial charge in [0.2, 0.25) is 0 Å². The third-order valence-corrected chi connectivity index (χ3v) is 6.14. The largest absolute Gasteiger partial charge is 0.494 e. The van der Waals surface area contributed by atoms with E-state index in [-0.39, 0.29) is 10.6 Å². The van der Waals surface area contributed by atoms with Crippen LogP contribution < -0.4 is 8.92 Å². The Morgan fingerprint density at radius 3 is 2.58 bits per heavy atom. The molecule has 0 aliphatic rings. The summed E-state index contributed by atoms with van der Waals surface area (Å²) in [4.78, 5) is 4.32. The second-order valence-electron chi connectivity index (χ2n) is 5.47. The summed E-state index contributed by atoms with van der Waals surface area (Å²) in [6, 6.07) is 9.97. The van der Waals surface area contributed by atoms with Gasteiger partial charge in [-0.3, -0.25) is 4.98 Å². The van der Waals surface area contributed by atoms with E-state index in [9.17, 15) is 8.42 Å². The van der Waals surface area contributed by atoms with Crippen LogP contribution in [-0.4, -0.2) is 20.0 Å². The molecule has 0 amide bonds. The van der Waals surface area contributed by atoms with Crippen LogP contribution in [0.1, 0.15) is 12.5 Å². The van der Waals surface area contributed by atoms with E-state index in [0.717, 1.165) is 15.4 Å². The number of hydrogen-bond donors (Lipinski definition) is 0. The third-order valence-electron chi connectivity index (χ3n) is 3.68. The minimum Gasteiger partial charge on any atom is -0.494 e. The quantitative estimate of drug-likeness (QED) is 0.448. The molecule has 26 heavy (non-hydrogen) atoms. The van der Waals surface area contributed by atoms with Crippen molar-refractivity contribution in [2.45, 2.75) is 18.7 Å². The van der Waals surface area contributed by atoms with Gasteiger partial charge in [-0.05, 0) is 65.7 Å². The minimum atomic E-state index is -4.04. The zero-order valence-corrected chi connectivity index (χ0v) is 18.0. The molecule has 3 rings (SSSR count). The van der Waals surface area contributed by atoms with Gasteiger partial charge in [0.15, 0.2) is 5.75 Å². The van der Waals surface area contributed by atoms with Crippen LogP contribution in [0, 0.1) is 6.92 Å². The van der Waals surface area contributed by atoms with Gasteiger partial charge in [0, 0.05) is 16.1 Å². The average molecular weight is 501 g/mol. The van der Waals surface area contributed by atoms with E-state index in [1.807, 2.05) is 13.0 Å². The van der Waals surface area contributed by atoms with Crippen LogP contribution in [0.25, 0.3) is 10.9 Å². The first-order valence-corrected chi connectivity index (χ1v) is 10.7. The first-order chi connectivity index (χ1) is 12.3. The number of ether oxygens (including phenoxy) is 1. The monoisotopic (exact) mass is 499 g/mol. The molecule has 0 unspecified atom stereocenters. The number of benzene rings is 2. The second kappa shape index (κ2) is 7.54. The molecule has 0 radical (unpaired) electrons. The van der Waals surface area contributed by atoms with Crippen LogP contribution >= 0.6 is 31.9 Å². The molecule has 1 aromatic heterocycles. The minimum absolute atomic E-state index is 0.0531. The van der Waals surface area contributed by atoms with E-state index in [1.54, 1.807) is 31.3 Å². The normalized spacial score (nSPS) is 11.5. The van der Waals surface area contributed by atoms with Crippen molar-refractivity contribution in [2.75, 3.05) is 6.61 Å². The molecule has 0 atom stereocenters. The van der Waals surface area contributed by atoms with Crippen molar-refractivity contribution in [3.05, 3.63) is 57.1 Å². The molecular weight excluding hydrogens is 486 g/mol. The molecule has 0 fully saturated rings. The third kappa shape index (κ3) is 3.72. The van der Waals surface area contributed by atoms with E-state index in [2.05, 4.69) is 36.8 Å². The zero-order chi connectivity index (χ0) is 18.9. The highest BCUT2D eigenvalue weighted by Crippen LogP contribution is 2.38. The molecule has 136 valence electrons. The Morgan fingerprint density at radius 1 is 1.12 bits per heavy atom. The number of rotatable bonds is 5. The van der Waals surface area contributed by atoms with E-state index in [0.29, 0.717) is 22.3 Å². The molecule has 1 heterocycles. The van der Waals surface area contributed by atoms with Crippen LogP contribution in [0.3, 0.4) is 0 Å². The van der Waals surface area contributed by atoms with Crippen molar-refractivity contribution >= 4 is 52.9 Å². The number of aryl methyl sites for hydroxylation is 1. The maximum Gasteiger partial charge on any atom is 0.339 e. The molecular formula is C18H15Br2NO4S. The smallest absolute Gasteiger partial charge is 0.339 e. The van der Waals surface area contributed by atoms with Gasteiger partial charge in [-0.25, -0.2) is 0 Å². The van der Waals surface area contributed by atoms with Crippen LogP contribution in [0.4, 0.5) is 0 Å². The summed E-state index contributed by atoms with van der Waals surface area (Å²) in [5.74, 6) is 0.790. The number of aromatic nitrogens is 1. The Balaban J connectivity index is 2.06. The van der Waals surface area contributed by atoms with Crippen LogP contribution in [0.5, 0.6) is 11.5 Å². The van der Waals surface area contributed by atoms with Crippen molar-refractivity contribution < 1.29 is 17.3 Å². The Labute approximate surface area is 168 Å². The Morgan fingerprint density at radius 2 is 1.88 bits per heavy atom. The highest BCUT2D eigenvalue weighted by Gasteiger charge is 2.22. The predicted molar refractivity (Wildman–Crippen MR) is 107 cm³/mol. The van der Waals surface area contributed by atoms with Gasteiger partial charge in [0.25, 0.3) is 0 Å². The number of fused-ring (bicyclic) bond motifs is 1. The fourth-order valence-electron chi connectivity index (χ4n) is 2.48. The summed E-state index contributed by atoms with van der Waals surface area (Å²) in [6.07, 6.45) is 1.59. The van der Waals surface area contributed by atoms with Gasteiger partial charge in [-0.2, -0.15) is 8.42 Å². The molecule has 0 saturated heterocycles. The lowest BCUT2D eigenvalue weighted by atomic mass is 10.2. The topological polar surface area (TPSA) is 65.5 Å². The molecule has 8 heteroatoms. The summed E-state index contributed by atoms with van der Waals surface area (Å²) in [5, 5.41) is 0.753. The number of halogens is 2. The zero-order valence-electron chi connectivity index (χ0n) is 14.0. The van der Waals surface area contributed by atoms with E-state index >= 15 is 0 Å². The summed E-state index contributed by atoms with van der Waals surface area (Å²) >= 11 is 6.81. The molecule has 0 N–H and O–H groups in total. The number of pyridine rings is 1. The van der Waals surface area contributed by atoms with E-state index < -0.39 is 10.1 Å². The average Bonchev–Trinajstić information content (AvgIpc) is 2.60. The molecule has 5 nitrogen and oxygen atoms in total. The summed E-state index contributed by atoms with van der Waals surface area (Å²) in [6.45, 7) is 4.17.